The van der Waals surface area contributed by atoms with Gasteiger partial charge < -0.3 is 0 Å². The lowest BCUT2D eigenvalue weighted by atomic mass is 10.1. The van der Waals surface area contributed by atoms with Crippen LogP contribution < -0.4 is 0 Å². The molecule has 0 aliphatic heterocycles. The number of rotatable bonds is 1. The zero-order chi connectivity index (χ0) is 9.26. The van der Waals surface area contributed by atoms with E-state index in [2.05, 4.69) is 11.2 Å². The highest BCUT2D eigenvalue weighted by Gasteiger charge is 2.01. The van der Waals surface area contributed by atoms with Gasteiger partial charge in [-0.3, -0.25) is 4.68 Å². The second-order valence-electron chi connectivity index (χ2n) is 2.77. The smallest absolute Gasteiger partial charge is 0.123 e. The summed E-state index contributed by atoms with van der Waals surface area (Å²) in [5.41, 5.74) is 1.78. The molecule has 2 rings (SSSR count). The first kappa shape index (κ1) is 7.98. The second-order valence-corrected chi connectivity index (χ2v) is 2.77. The summed E-state index contributed by atoms with van der Waals surface area (Å²) in [5.74, 6) is -0.231. The molecule has 2 aromatic rings. The van der Waals surface area contributed by atoms with Crippen LogP contribution in [-0.2, 0) is 7.05 Å². The SMILES string of the molecule is Cn1nc[c]c1-c1ccc(F)cc1. The van der Waals surface area contributed by atoms with Crippen LogP contribution in [0.5, 0.6) is 0 Å². The van der Waals surface area contributed by atoms with E-state index in [1.807, 2.05) is 7.05 Å². The summed E-state index contributed by atoms with van der Waals surface area (Å²) in [7, 11) is 1.83. The minimum Gasteiger partial charge on any atom is -0.267 e. The van der Waals surface area contributed by atoms with E-state index >= 15 is 0 Å². The summed E-state index contributed by atoms with van der Waals surface area (Å²) in [4.78, 5) is 0. The maximum atomic E-state index is 12.6. The first-order chi connectivity index (χ1) is 6.27. The Morgan fingerprint density at radius 2 is 2.00 bits per heavy atom. The van der Waals surface area contributed by atoms with Crippen LogP contribution in [0.1, 0.15) is 0 Å². The van der Waals surface area contributed by atoms with Crippen molar-refractivity contribution in [2.75, 3.05) is 0 Å². The molecule has 0 saturated heterocycles. The highest BCUT2D eigenvalue weighted by molar-refractivity contribution is 5.58. The minimum absolute atomic E-state index is 0.231. The van der Waals surface area contributed by atoms with Crippen molar-refractivity contribution in [3.05, 3.63) is 42.3 Å². The Bertz CT molecular complexity index is 403. The van der Waals surface area contributed by atoms with Gasteiger partial charge in [0.25, 0.3) is 0 Å². The Hall–Kier alpha value is -1.64. The largest absolute Gasteiger partial charge is 0.267 e. The molecule has 0 saturated carbocycles. The van der Waals surface area contributed by atoms with Gasteiger partial charge in [0.05, 0.1) is 11.9 Å². The summed E-state index contributed by atoms with van der Waals surface area (Å²) in [5, 5.41) is 3.98. The van der Waals surface area contributed by atoms with Gasteiger partial charge in [-0.2, -0.15) is 5.10 Å². The summed E-state index contributed by atoms with van der Waals surface area (Å²) in [6, 6.07) is 9.25. The van der Waals surface area contributed by atoms with E-state index in [9.17, 15) is 4.39 Å². The fourth-order valence-corrected chi connectivity index (χ4v) is 1.21. The molecule has 0 atom stereocenters. The minimum atomic E-state index is -0.231. The molecule has 13 heavy (non-hydrogen) atoms. The fraction of sp³-hybridized carbons (Fsp3) is 0.100. The summed E-state index contributed by atoms with van der Waals surface area (Å²) in [6.45, 7) is 0. The molecule has 0 N–H and O–H groups in total. The van der Waals surface area contributed by atoms with Crippen molar-refractivity contribution < 1.29 is 4.39 Å². The van der Waals surface area contributed by atoms with Crippen LogP contribution in [0.15, 0.2) is 30.5 Å². The van der Waals surface area contributed by atoms with Crippen molar-refractivity contribution in [2.24, 2.45) is 7.05 Å². The van der Waals surface area contributed by atoms with Crippen LogP contribution >= 0.6 is 0 Å². The number of aromatic nitrogens is 2. The highest BCUT2D eigenvalue weighted by Crippen LogP contribution is 2.17. The number of hydrogen-bond acceptors (Lipinski definition) is 1. The molecule has 2 nitrogen and oxygen atoms in total. The average molecular weight is 175 g/mol. The summed E-state index contributed by atoms with van der Waals surface area (Å²) < 4.78 is 14.3. The number of halogens is 1. The van der Waals surface area contributed by atoms with Crippen LogP contribution in [0.25, 0.3) is 11.3 Å². The lowest BCUT2D eigenvalue weighted by molar-refractivity contribution is 0.628. The Balaban J connectivity index is 2.47. The van der Waals surface area contributed by atoms with Gasteiger partial charge in [0.1, 0.15) is 5.82 Å². The standard InChI is InChI=1S/C10H8FN2/c1-13-10(6-7-12-13)8-2-4-9(11)5-3-8/h2-5,7H,1H3. The molecule has 1 heterocycles. The molecule has 0 bridgehead atoms. The first-order valence-electron chi connectivity index (χ1n) is 3.93. The zero-order valence-corrected chi connectivity index (χ0v) is 7.16. The van der Waals surface area contributed by atoms with Gasteiger partial charge in [-0.1, -0.05) is 0 Å². The van der Waals surface area contributed by atoms with E-state index in [-0.39, 0.29) is 5.82 Å². The van der Waals surface area contributed by atoms with Crippen molar-refractivity contribution in [1.29, 1.82) is 0 Å². The van der Waals surface area contributed by atoms with E-state index < -0.39 is 0 Å². The van der Waals surface area contributed by atoms with Crippen molar-refractivity contribution in [1.82, 2.24) is 9.78 Å². The van der Waals surface area contributed by atoms with Crippen LogP contribution in [0.2, 0.25) is 0 Å². The zero-order valence-electron chi connectivity index (χ0n) is 7.16. The predicted octanol–water partition coefficient (Wildman–Crippen LogP) is 2.03. The lowest BCUT2D eigenvalue weighted by Gasteiger charge is -2.00. The molecule has 0 fully saturated rings. The number of hydrogen-bond donors (Lipinski definition) is 0. The Kier molecular flexibility index (Phi) is 1.85. The van der Waals surface area contributed by atoms with Gasteiger partial charge in [0.2, 0.25) is 0 Å². The van der Waals surface area contributed by atoms with Crippen molar-refractivity contribution in [2.45, 2.75) is 0 Å². The van der Waals surface area contributed by atoms with Gasteiger partial charge in [-0.05, 0) is 24.3 Å². The van der Waals surface area contributed by atoms with E-state index in [1.165, 1.54) is 12.1 Å². The monoisotopic (exact) mass is 175 g/mol. The molecule has 1 radical (unpaired) electrons. The van der Waals surface area contributed by atoms with Crippen molar-refractivity contribution in [3.8, 4) is 11.3 Å². The van der Waals surface area contributed by atoms with Crippen LogP contribution in [-0.4, -0.2) is 9.78 Å². The third-order valence-electron chi connectivity index (χ3n) is 1.87. The molecule has 0 aliphatic carbocycles. The van der Waals surface area contributed by atoms with Crippen LogP contribution in [0.3, 0.4) is 0 Å². The molecule has 65 valence electrons. The molecule has 0 spiro atoms. The van der Waals surface area contributed by atoms with Gasteiger partial charge >= 0.3 is 0 Å². The van der Waals surface area contributed by atoms with Crippen LogP contribution in [0.4, 0.5) is 4.39 Å². The van der Waals surface area contributed by atoms with Gasteiger partial charge in [-0.25, -0.2) is 4.39 Å². The molecule has 0 unspecified atom stereocenters. The quantitative estimate of drug-likeness (QED) is 0.648. The second kappa shape index (κ2) is 3.01. The molecule has 3 heteroatoms. The normalized spacial score (nSPS) is 10.3. The highest BCUT2D eigenvalue weighted by atomic mass is 19.1. The average Bonchev–Trinajstić information content (AvgIpc) is 2.53. The van der Waals surface area contributed by atoms with E-state index in [0.29, 0.717) is 0 Å². The van der Waals surface area contributed by atoms with E-state index in [4.69, 9.17) is 0 Å². The first-order valence-corrected chi connectivity index (χ1v) is 3.93. The molecule has 1 aromatic carbocycles. The van der Waals surface area contributed by atoms with Gasteiger partial charge in [0, 0.05) is 18.7 Å². The topological polar surface area (TPSA) is 17.8 Å². The molecule has 1 aromatic heterocycles. The van der Waals surface area contributed by atoms with Gasteiger partial charge in [-0.15, -0.1) is 0 Å². The number of nitrogens with zero attached hydrogens (tertiary/aromatic N) is 2. The fourth-order valence-electron chi connectivity index (χ4n) is 1.21. The number of benzene rings is 1. The summed E-state index contributed by atoms with van der Waals surface area (Å²) >= 11 is 0. The van der Waals surface area contributed by atoms with Crippen LogP contribution in [0, 0.1) is 11.9 Å². The lowest BCUT2D eigenvalue weighted by Crippen LogP contribution is -1.92. The third kappa shape index (κ3) is 1.45. The summed E-state index contributed by atoms with van der Waals surface area (Å²) in [6.07, 6.45) is 1.60. The number of aryl methyl sites for hydroxylation is 1. The Morgan fingerprint density at radius 3 is 2.54 bits per heavy atom. The van der Waals surface area contributed by atoms with E-state index in [1.54, 1.807) is 23.0 Å². The molecular weight excluding hydrogens is 167 g/mol. The molecule has 0 aliphatic rings. The van der Waals surface area contributed by atoms with E-state index in [0.717, 1.165) is 11.3 Å². The maximum Gasteiger partial charge on any atom is 0.123 e. The maximum absolute atomic E-state index is 12.6. The van der Waals surface area contributed by atoms with Crippen molar-refractivity contribution in [3.63, 3.8) is 0 Å². The van der Waals surface area contributed by atoms with Gasteiger partial charge in [0.15, 0.2) is 0 Å². The Morgan fingerprint density at radius 1 is 1.31 bits per heavy atom. The molecule has 0 amide bonds. The molecular formula is C10H8FN2. The third-order valence-corrected chi connectivity index (χ3v) is 1.87. The Labute approximate surface area is 75.6 Å². The van der Waals surface area contributed by atoms with Crippen molar-refractivity contribution >= 4 is 0 Å². The predicted molar refractivity (Wildman–Crippen MR) is 47.4 cm³/mol.